The van der Waals surface area contributed by atoms with Crippen molar-refractivity contribution in [1.82, 2.24) is 5.32 Å². The lowest BCUT2D eigenvalue weighted by atomic mass is 9.74. The van der Waals surface area contributed by atoms with Gasteiger partial charge in [-0.2, -0.15) is 0 Å². The van der Waals surface area contributed by atoms with Gasteiger partial charge in [0.1, 0.15) is 5.75 Å². The molecular weight excluding hydrogens is 396 g/mol. The Hall–Kier alpha value is -2.93. The van der Waals surface area contributed by atoms with Gasteiger partial charge in [0.05, 0.1) is 16.2 Å². The molecule has 1 heterocycles. The number of rotatable bonds is 5. The number of fused-ring (bicyclic) bond motifs is 2. The van der Waals surface area contributed by atoms with Crippen molar-refractivity contribution in [2.75, 3.05) is 11.9 Å². The van der Waals surface area contributed by atoms with Crippen molar-refractivity contribution in [3.8, 4) is 17.2 Å². The minimum Gasteiger partial charge on any atom is -0.479 e. The molecule has 1 fully saturated rings. The van der Waals surface area contributed by atoms with Gasteiger partial charge in [-0.15, -0.1) is 0 Å². The number of carbonyl (C=O) groups excluding carboxylic acids is 1. The summed E-state index contributed by atoms with van der Waals surface area (Å²) in [5.74, 6) is 0.187. The van der Waals surface area contributed by atoms with Crippen molar-refractivity contribution in [3.05, 3.63) is 47.0 Å². The third-order valence-corrected chi connectivity index (χ3v) is 5.63. The molecule has 2 aromatic rings. The highest BCUT2D eigenvalue weighted by Crippen LogP contribution is 2.50. The van der Waals surface area contributed by atoms with Gasteiger partial charge in [0.25, 0.3) is 0 Å². The molecule has 2 amide bonds. The second kappa shape index (κ2) is 7.83. The van der Waals surface area contributed by atoms with Crippen LogP contribution in [0, 0.1) is 0 Å². The van der Waals surface area contributed by atoms with E-state index in [1.807, 2.05) is 0 Å². The average molecular weight is 417 g/mol. The molecule has 1 aliphatic heterocycles. The molecule has 0 aromatic heterocycles. The van der Waals surface area contributed by atoms with Gasteiger partial charge < -0.3 is 25.2 Å². The summed E-state index contributed by atoms with van der Waals surface area (Å²) in [6, 6.07) is 10.1. The monoisotopic (exact) mass is 416 g/mol. The summed E-state index contributed by atoms with van der Waals surface area (Å²) in [4.78, 5) is 23.2. The number of anilines is 1. The van der Waals surface area contributed by atoms with E-state index in [9.17, 15) is 9.59 Å². The lowest BCUT2D eigenvalue weighted by Crippen LogP contribution is -2.52. The van der Waals surface area contributed by atoms with E-state index in [4.69, 9.17) is 26.2 Å². The number of carbonyl (C=O) groups is 2. The lowest BCUT2D eigenvalue weighted by molar-refractivity contribution is -0.139. The summed E-state index contributed by atoms with van der Waals surface area (Å²) in [5, 5.41) is 15.3. The Balaban J connectivity index is 1.76. The molecule has 1 saturated carbocycles. The number of ether oxygens (including phenoxy) is 2. The van der Waals surface area contributed by atoms with Crippen LogP contribution in [0.2, 0.25) is 5.02 Å². The van der Waals surface area contributed by atoms with Crippen LogP contribution in [0.1, 0.15) is 37.7 Å². The Labute approximate surface area is 173 Å². The smallest absolute Gasteiger partial charge is 0.341 e. The van der Waals surface area contributed by atoms with E-state index >= 15 is 0 Å². The van der Waals surface area contributed by atoms with Gasteiger partial charge in [-0.1, -0.05) is 43.0 Å². The highest BCUT2D eigenvalue weighted by atomic mass is 35.5. The molecule has 1 spiro atoms. The first kappa shape index (κ1) is 19.4. The van der Waals surface area contributed by atoms with Crippen LogP contribution >= 0.6 is 11.6 Å². The predicted octanol–water partition coefficient (Wildman–Crippen LogP) is 4.89. The molecule has 4 rings (SSSR count). The Morgan fingerprint density at radius 1 is 1.07 bits per heavy atom. The third-order valence-electron chi connectivity index (χ3n) is 5.31. The van der Waals surface area contributed by atoms with Crippen molar-refractivity contribution in [1.29, 1.82) is 0 Å². The van der Waals surface area contributed by atoms with Crippen molar-refractivity contribution in [2.45, 2.75) is 37.6 Å². The zero-order valence-corrected chi connectivity index (χ0v) is 16.4. The zero-order valence-electron chi connectivity index (χ0n) is 15.7. The molecule has 0 saturated heterocycles. The Bertz CT molecular complexity index is 956. The molecule has 152 valence electrons. The lowest BCUT2D eigenvalue weighted by Gasteiger charge is -2.43. The van der Waals surface area contributed by atoms with Crippen LogP contribution in [-0.2, 0) is 10.3 Å². The summed E-state index contributed by atoms with van der Waals surface area (Å²) in [7, 11) is 0. The number of carboxylic acids is 1. The van der Waals surface area contributed by atoms with Crippen LogP contribution in [-0.4, -0.2) is 23.7 Å². The highest BCUT2D eigenvalue weighted by molar-refractivity contribution is 6.34. The highest BCUT2D eigenvalue weighted by Gasteiger charge is 2.43. The number of hydrogen-bond donors (Lipinski definition) is 3. The summed E-state index contributed by atoms with van der Waals surface area (Å²) < 4.78 is 11.5. The minimum absolute atomic E-state index is 0.274. The van der Waals surface area contributed by atoms with Crippen molar-refractivity contribution in [3.63, 3.8) is 0 Å². The van der Waals surface area contributed by atoms with Crippen LogP contribution in [0.25, 0.3) is 0 Å². The number of benzene rings is 2. The molecule has 0 bridgehead atoms. The largest absolute Gasteiger partial charge is 0.479 e. The predicted molar refractivity (Wildman–Crippen MR) is 108 cm³/mol. The Morgan fingerprint density at radius 2 is 1.79 bits per heavy atom. The zero-order chi connectivity index (χ0) is 20.4. The number of hydrogen-bond acceptors (Lipinski definition) is 4. The number of halogens is 1. The van der Waals surface area contributed by atoms with E-state index in [0.717, 1.165) is 37.7 Å². The van der Waals surface area contributed by atoms with Gasteiger partial charge in [0, 0.05) is 5.56 Å². The molecule has 1 aliphatic carbocycles. The van der Waals surface area contributed by atoms with Gasteiger partial charge in [-0.05, 0) is 37.1 Å². The summed E-state index contributed by atoms with van der Waals surface area (Å²) in [6.07, 6.45) is 4.68. The Kier molecular flexibility index (Phi) is 5.24. The van der Waals surface area contributed by atoms with E-state index in [1.54, 1.807) is 36.4 Å². The summed E-state index contributed by atoms with van der Waals surface area (Å²) >= 11 is 6.41. The van der Waals surface area contributed by atoms with Crippen molar-refractivity contribution >= 4 is 29.3 Å². The van der Waals surface area contributed by atoms with Gasteiger partial charge >= 0.3 is 12.0 Å². The SMILES string of the molecule is O=C(O)COc1ccccc1Oc1ccc(Cl)c2c1C1(CCCCC1)NC(=O)N2. The molecule has 3 N–H and O–H groups in total. The Morgan fingerprint density at radius 3 is 2.52 bits per heavy atom. The molecule has 0 unspecified atom stereocenters. The number of nitrogens with one attached hydrogen (secondary N) is 2. The normalized spacial score (nSPS) is 17.1. The fourth-order valence-corrected chi connectivity index (χ4v) is 4.31. The van der Waals surface area contributed by atoms with Gasteiger partial charge in [-0.25, -0.2) is 9.59 Å². The van der Waals surface area contributed by atoms with Gasteiger partial charge in [0.15, 0.2) is 18.1 Å². The molecule has 2 aromatic carbocycles. The molecule has 0 radical (unpaired) electrons. The molecular formula is C21H21ClN2O5. The maximum absolute atomic E-state index is 12.3. The van der Waals surface area contributed by atoms with E-state index in [0.29, 0.717) is 28.0 Å². The second-order valence-electron chi connectivity index (χ2n) is 7.25. The van der Waals surface area contributed by atoms with Crippen LogP contribution in [0.15, 0.2) is 36.4 Å². The first-order valence-electron chi connectivity index (χ1n) is 9.52. The summed E-state index contributed by atoms with van der Waals surface area (Å²) in [6.45, 7) is -0.472. The van der Waals surface area contributed by atoms with Crippen LogP contribution in [0.5, 0.6) is 17.2 Å². The van der Waals surface area contributed by atoms with E-state index in [1.165, 1.54) is 0 Å². The number of amides is 2. The molecule has 2 aliphatic rings. The molecule has 7 nitrogen and oxygen atoms in total. The van der Waals surface area contributed by atoms with Gasteiger partial charge in [-0.3, -0.25) is 0 Å². The van der Waals surface area contributed by atoms with Gasteiger partial charge in [0.2, 0.25) is 0 Å². The van der Waals surface area contributed by atoms with Crippen LogP contribution in [0.4, 0.5) is 10.5 Å². The standard InChI is InChI=1S/C21H21ClN2O5/c22-13-8-9-16(29-15-7-3-2-6-14(15)28-12-17(25)26)18-19(13)23-20(27)24-21(18)10-4-1-5-11-21/h2-3,6-9H,1,4-5,10-12H2,(H,25,26)(H2,23,24,27). The molecule has 8 heteroatoms. The fraction of sp³-hybridized carbons (Fsp3) is 0.333. The average Bonchev–Trinajstić information content (AvgIpc) is 2.70. The molecule has 0 atom stereocenters. The maximum Gasteiger partial charge on any atom is 0.341 e. The first-order valence-corrected chi connectivity index (χ1v) is 9.90. The topological polar surface area (TPSA) is 96.9 Å². The number of para-hydroxylation sites is 2. The van der Waals surface area contributed by atoms with E-state index in [-0.39, 0.29) is 6.03 Å². The van der Waals surface area contributed by atoms with E-state index in [2.05, 4.69) is 10.6 Å². The first-order chi connectivity index (χ1) is 14.0. The molecule has 29 heavy (non-hydrogen) atoms. The fourth-order valence-electron chi connectivity index (χ4n) is 4.11. The van der Waals surface area contributed by atoms with Crippen LogP contribution < -0.4 is 20.1 Å². The quantitative estimate of drug-likeness (QED) is 0.644. The number of urea groups is 1. The van der Waals surface area contributed by atoms with Crippen molar-refractivity contribution < 1.29 is 24.2 Å². The van der Waals surface area contributed by atoms with Crippen LogP contribution in [0.3, 0.4) is 0 Å². The van der Waals surface area contributed by atoms with Crippen molar-refractivity contribution in [2.24, 2.45) is 0 Å². The van der Waals surface area contributed by atoms with E-state index < -0.39 is 18.1 Å². The maximum atomic E-state index is 12.3. The minimum atomic E-state index is -1.07. The second-order valence-corrected chi connectivity index (χ2v) is 7.66. The summed E-state index contributed by atoms with van der Waals surface area (Å²) in [5.41, 5.74) is 0.823. The number of carboxylic acid groups (broad SMARTS) is 1. The number of aliphatic carboxylic acids is 1. The third kappa shape index (κ3) is 3.82.